The molecule has 0 unspecified atom stereocenters. The van der Waals surface area contributed by atoms with Crippen molar-refractivity contribution in [1.29, 1.82) is 0 Å². The number of amides is 1. The van der Waals surface area contributed by atoms with Crippen LogP contribution in [0.25, 0.3) is 11.0 Å². The Kier molecular flexibility index (Phi) is 6.77. The summed E-state index contributed by atoms with van der Waals surface area (Å²) >= 11 is 0. The lowest BCUT2D eigenvalue weighted by Gasteiger charge is -2.31. The zero-order chi connectivity index (χ0) is 23.4. The van der Waals surface area contributed by atoms with Gasteiger partial charge < -0.3 is 14.1 Å². The lowest BCUT2D eigenvalue weighted by molar-refractivity contribution is -0.917. The summed E-state index contributed by atoms with van der Waals surface area (Å²) < 4.78 is 37.4. The van der Waals surface area contributed by atoms with E-state index in [1.807, 2.05) is 0 Å². The van der Waals surface area contributed by atoms with Crippen LogP contribution in [0.2, 0.25) is 0 Å². The van der Waals surface area contributed by atoms with Crippen molar-refractivity contribution in [2.24, 2.45) is 0 Å². The van der Waals surface area contributed by atoms with Crippen molar-refractivity contribution in [2.45, 2.75) is 18.4 Å². The van der Waals surface area contributed by atoms with Gasteiger partial charge in [0, 0.05) is 28.8 Å². The van der Waals surface area contributed by atoms with Crippen LogP contribution in [0.4, 0.5) is 10.5 Å². The molecule has 1 aliphatic rings. The number of nitrogens with one attached hydrogen (secondary N) is 2. The summed E-state index contributed by atoms with van der Waals surface area (Å²) in [4.78, 5) is 25.3. The SMILES string of the molecule is CCOC(=O)Nc1ccc2c(C[NH+]3CCN(S(=O)(=O)c4ccccc4)CC3)cc(=O)oc2c1. The van der Waals surface area contributed by atoms with Crippen LogP contribution in [0.1, 0.15) is 12.5 Å². The van der Waals surface area contributed by atoms with Gasteiger partial charge in [0.05, 0.1) is 37.7 Å². The average molecular weight is 473 g/mol. The lowest BCUT2D eigenvalue weighted by Crippen LogP contribution is -3.13. The molecule has 1 aliphatic heterocycles. The minimum absolute atomic E-state index is 0.251. The van der Waals surface area contributed by atoms with Crippen LogP contribution >= 0.6 is 0 Å². The molecule has 0 radical (unpaired) electrons. The summed E-state index contributed by atoms with van der Waals surface area (Å²) in [6, 6.07) is 15.0. The third-order valence-electron chi connectivity index (χ3n) is 5.60. The number of anilines is 1. The number of piperazine rings is 1. The summed E-state index contributed by atoms with van der Waals surface area (Å²) in [5, 5.41) is 3.37. The number of carbonyl (C=O) groups excluding carboxylic acids is 1. The van der Waals surface area contributed by atoms with Gasteiger partial charge in [-0.2, -0.15) is 4.31 Å². The smallest absolute Gasteiger partial charge is 0.411 e. The second kappa shape index (κ2) is 9.74. The fourth-order valence-electron chi connectivity index (χ4n) is 3.97. The monoisotopic (exact) mass is 472 g/mol. The number of hydrogen-bond acceptors (Lipinski definition) is 6. The first-order valence-electron chi connectivity index (χ1n) is 10.8. The summed E-state index contributed by atoms with van der Waals surface area (Å²) in [5.41, 5.74) is 1.18. The Bertz CT molecular complexity index is 1300. The molecule has 1 aromatic heterocycles. The van der Waals surface area contributed by atoms with Gasteiger partial charge in [0.15, 0.2) is 0 Å². The highest BCUT2D eigenvalue weighted by atomic mass is 32.2. The van der Waals surface area contributed by atoms with Crippen molar-refractivity contribution in [2.75, 3.05) is 38.1 Å². The predicted molar refractivity (Wildman–Crippen MR) is 123 cm³/mol. The van der Waals surface area contributed by atoms with E-state index in [0.717, 1.165) is 10.9 Å². The maximum atomic E-state index is 12.8. The van der Waals surface area contributed by atoms with Gasteiger partial charge in [-0.25, -0.2) is 18.0 Å². The molecule has 1 fully saturated rings. The highest BCUT2D eigenvalue weighted by Gasteiger charge is 2.30. The van der Waals surface area contributed by atoms with E-state index >= 15 is 0 Å². The molecular weight excluding hydrogens is 446 g/mol. The van der Waals surface area contributed by atoms with Crippen molar-refractivity contribution in [3.05, 3.63) is 70.6 Å². The third kappa shape index (κ3) is 5.24. The molecular formula is C23H26N3O6S+. The summed E-state index contributed by atoms with van der Waals surface area (Å²) in [6.07, 6.45) is -0.580. The average Bonchev–Trinajstić information content (AvgIpc) is 2.80. The van der Waals surface area contributed by atoms with E-state index < -0.39 is 21.7 Å². The number of nitrogens with zero attached hydrogens (tertiary/aromatic N) is 1. The number of fused-ring (bicyclic) bond motifs is 1. The first kappa shape index (κ1) is 23.0. The number of ether oxygens (including phenoxy) is 1. The maximum Gasteiger partial charge on any atom is 0.411 e. The first-order valence-corrected chi connectivity index (χ1v) is 12.2. The van der Waals surface area contributed by atoms with Gasteiger partial charge in [-0.05, 0) is 31.2 Å². The molecule has 2 aromatic carbocycles. The van der Waals surface area contributed by atoms with Crippen molar-refractivity contribution in [3.63, 3.8) is 0 Å². The lowest BCUT2D eigenvalue weighted by atomic mass is 10.1. The first-order chi connectivity index (χ1) is 15.9. The standard InChI is InChI=1S/C23H25N3O6S/c1-2-31-23(28)24-18-8-9-20-17(14-22(27)32-21(20)15-18)16-25-10-12-26(13-11-25)33(29,30)19-6-4-3-5-7-19/h3-9,14-15H,2,10-13,16H2,1H3,(H,24,28)/p+1. The van der Waals surface area contributed by atoms with Crippen molar-refractivity contribution >= 4 is 32.8 Å². The topological polar surface area (TPSA) is 110 Å². The number of sulfonamides is 1. The third-order valence-corrected chi connectivity index (χ3v) is 7.52. The van der Waals surface area contributed by atoms with E-state index in [4.69, 9.17) is 9.15 Å². The Hall–Kier alpha value is -3.21. The number of quaternary nitrogens is 1. The van der Waals surface area contributed by atoms with Crippen LogP contribution in [0.5, 0.6) is 0 Å². The Morgan fingerprint density at radius 1 is 1.12 bits per heavy atom. The van der Waals surface area contributed by atoms with Gasteiger partial charge in [-0.3, -0.25) is 5.32 Å². The summed E-state index contributed by atoms with van der Waals surface area (Å²) in [6.45, 7) is 4.57. The van der Waals surface area contributed by atoms with Gasteiger partial charge in [-0.1, -0.05) is 18.2 Å². The summed E-state index contributed by atoms with van der Waals surface area (Å²) in [5.74, 6) is 0. The molecule has 0 aliphatic carbocycles. The van der Waals surface area contributed by atoms with E-state index in [2.05, 4.69) is 5.32 Å². The molecule has 0 spiro atoms. The normalized spacial score (nSPS) is 15.4. The quantitative estimate of drug-likeness (QED) is 0.526. The van der Waals surface area contributed by atoms with E-state index in [-0.39, 0.29) is 6.61 Å². The number of rotatable bonds is 6. The highest BCUT2D eigenvalue weighted by Crippen LogP contribution is 2.21. The molecule has 4 rings (SSSR count). The van der Waals surface area contributed by atoms with Crippen LogP contribution < -0.4 is 15.8 Å². The van der Waals surface area contributed by atoms with E-state index in [1.54, 1.807) is 55.5 Å². The number of benzene rings is 2. The fourth-order valence-corrected chi connectivity index (χ4v) is 5.43. The van der Waals surface area contributed by atoms with Crippen molar-refractivity contribution in [1.82, 2.24) is 4.31 Å². The van der Waals surface area contributed by atoms with Gasteiger partial charge in [-0.15, -0.1) is 0 Å². The van der Waals surface area contributed by atoms with Gasteiger partial charge in [0.1, 0.15) is 12.1 Å². The Balaban J connectivity index is 1.47. The number of hydrogen-bond donors (Lipinski definition) is 2. The highest BCUT2D eigenvalue weighted by molar-refractivity contribution is 7.89. The molecule has 0 atom stereocenters. The molecule has 33 heavy (non-hydrogen) atoms. The van der Waals surface area contributed by atoms with Crippen molar-refractivity contribution in [3.8, 4) is 0 Å². The molecule has 0 bridgehead atoms. The van der Waals surface area contributed by atoms with Crippen LogP contribution in [0.3, 0.4) is 0 Å². The minimum atomic E-state index is -3.51. The van der Waals surface area contributed by atoms with Gasteiger partial charge in [0.25, 0.3) is 0 Å². The summed E-state index contributed by atoms with van der Waals surface area (Å²) in [7, 11) is -3.51. The zero-order valence-electron chi connectivity index (χ0n) is 18.2. The van der Waals surface area contributed by atoms with Crippen molar-refractivity contribution < 1.29 is 27.3 Å². The molecule has 0 saturated carbocycles. The largest absolute Gasteiger partial charge is 0.450 e. The Labute approximate surface area is 191 Å². The molecule has 1 saturated heterocycles. The van der Waals surface area contributed by atoms with Crippen LogP contribution in [-0.2, 0) is 21.3 Å². The Morgan fingerprint density at radius 3 is 2.55 bits per heavy atom. The molecule has 9 nitrogen and oxygen atoms in total. The zero-order valence-corrected chi connectivity index (χ0v) is 19.1. The maximum absolute atomic E-state index is 12.8. The fraction of sp³-hybridized carbons (Fsp3) is 0.304. The molecule has 174 valence electrons. The molecule has 3 aromatic rings. The molecule has 2 N–H and O–H groups in total. The van der Waals surface area contributed by atoms with Gasteiger partial charge in [0.2, 0.25) is 10.0 Å². The Morgan fingerprint density at radius 2 is 1.85 bits per heavy atom. The predicted octanol–water partition coefficient (Wildman–Crippen LogP) is 1.45. The van der Waals surface area contributed by atoms with Crippen LogP contribution in [0.15, 0.2) is 68.7 Å². The van der Waals surface area contributed by atoms with E-state index in [9.17, 15) is 18.0 Å². The molecule has 10 heteroatoms. The minimum Gasteiger partial charge on any atom is -0.450 e. The van der Waals surface area contributed by atoms with Crippen LogP contribution in [0, 0.1) is 0 Å². The second-order valence-corrected chi connectivity index (χ2v) is 9.73. The van der Waals surface area contributed by atoms with Crippen LogP contribution in [-0.4, -0.2) is 51.6 Å². The van der Waals surface area contributed by atoms with E-state index in [0.29, 0.717) is 48.9 Å². The van der Waals surface area contributed by atoms with Gasteiger partial charge >= 0.3 is 11.7 Å². The van der Waals surface area contributed by atoms with E-state index in [1.165, 1.54) is 15.3 Å². The second-order valence-electron chi connectivity index (χ2n) is 7.79. The number of carbonyl (C=O) groups is 1. The molecule has 1 amide bonds. The molecule has 2 heterocycles.